The normalized spacial score (nSPS) is 10.5. The molecule has 2 aromatic rings. The first-order valence-corrected chi connectivity index (χ1v) is 5.69. The fraction of sp³-hybridized carbons (Fsp3) is 0.167. The largest absolute Gasteiger partial charge is 0.495 e. The van der Waals surface area contributed by atoms with Crippen LogP contribution in [0.15, 0.2) is 27.8 Å². The van der Waals surface area contributed by atoms with Crippen LogP contribution in [-0.4, -0.2) is 16.7 Å². The highest BCUT2D eigenvalue weighted by atomic mass is 35.5. The van der Waals surface area contributed by atoms with E-state index in [-0.39, 0.29) is 11.4 Å². The van der Waals surface area contributed by atoms with Crippen LogP contribution >= 0.6 is 11.6 Å². The first kappa shape index (κ1) is 13.4. The second-order valence-corrected chi connectivity index (χ2v) is 4.25. The molecule has 0 atom stereocenters. The molecule has 1 N–H and O–H groups in total. The van der Waals surface area contributed by atoms with Crippen molar-refractivity contribution in [2.24, 2.45) is 0 Å². The Morgan fingerprint density at radius 2 is 2.05 bits per heavy atom. The van der Waals surface area contributed by atoms with Crippen molar-refractivity contribution in [2.75, 3.05) is 7.11 Å². The summed E-state index contributed by atoms with van der Waals surface area (Å²) in [5.41, 5.74) is -1.01. The van der Waals surface area contributed by atoms with E-state index in [1.54, 1.807) is 25.1 Å². The number of aromatic amines is 1. The van der Waals surface area contributed by atoms with Gasteiger partial charge in [-0.2, -0.15) is 4.39 Å². The summed E-state index contributed by atoms with van der Waals surface area (Å²) in [6.07, 6.45) is 0. The predicted molar refractivity (Wildman–Crippen MR) is 68.9 cm³/mol. The fourth-order valence-electron chi connectivity index (χ4n) is 1.68. The Labute approximate surface area is 112 Å². The Kier molecular flexibility index (Phi) is 3.44. The van der Waals surface area contributed by atoms with Crippen LogP contribution < -0.4 is 16.0 Å². The number of hydrogen-bond donors (Lipinski definition) is 1. The number of methoxy groups -OCH3 is 1. The third-order valence-corrected chi connectivity index (χ3v) is 2.84. The number of H-pyrrole nitrogens is 1. The van der Waals surface area contributed by atoms with Crippen LogP contribution in [0.2, 0.25) is 5.15 Å². The molecule has 7 heteroatoms. The average Bonchev–Trinajstić information content (AvgIpc) is 2.36. The Hall–Kier alpha value is -2.08. The van der Waals surface area contributed by atoms with Gasteiger partial charge in [0.25, 0.3) is 5.56 Å². The quantitative estimate of drug-likeness (QED) is 0.853. The monoisotopic (exact) mass is 284 g/mol. The third kappa shape index (κ3) is 2.26. The van der Waals surface area contributed by atoms with Gasteiger partial charge < -0.3 is 4.74 Å². The first-order chi connectivity index (χ1) is 8.95. The molecular formula is C12H10ClFN2O3. The molecule has 0 amide bonds. The Morgan fingerprint density at radius 3 is 2.68 bits per heavy atom. The third-order valence-electron chi connectivity index (χ3n) is 2.58. The van der Waals surface area contributed by atoms with Crippen molar-refractivity contribution in [3.8, 4) is 11.4 Å². The number of aromatic nitrogens is 2. The van der Waals surface area contributed by atoms with Gasteiger partial charge in [-0.25, -0.2) is 9.36 Å². The molecular weight excluding hydrogens is 275 g/mol. The zero-order valence-electron chi connectivity index (χ0n) is 10.2. The molecule has 0 saturated heterocycles. The summed E-state index contributed by atoms with van der Waals surface area (Å²) in [7, 11) is 1.39. The molecule has 19 heavy (non-hydrogen) atoms. The summed E-state index contributed by atoms with van der Waals surface area (Å²) in [4.78, 5) is 25.7. The van der Waals surface area contributed by atoms with Gasteiger partial charge in [0.2, 0.25) is 5.82 Å². The summed E-state index contributed by atoms with van der Waals surface area (Å²) < 4.78 is 19.2. The number of rotatable bonds is 2. The van der Waals surface area contributed by atoms with Gasteiger partial charge in [0.15, 0.2) is 5.15 Å². The van der Waals surface area contributed by atoms with E-state index in [2.05, 4.69) is 4.98 Å². The first-order valence-electron chi connectivity index (χ1n) is 5.31. The maximum Gasteiger partial charge on any atom is 0.334 e. The minimum atomic E-state index is -1.22. The van der Waals surface area contributed by atoms with Gasteiger partial charge in [-0.15, -0.1) is 0 Å². The van der Waals surface area contributed by atoms with E-state index in [0.717, 1.165) is 5.56 Å². The molecule has 0 aliphatic rings. The van der Waals surface area contributed by atoms with Crippen LogP contribution in [-0.2, 0) is 0 Å². The minimum absolute atomic E-state index is 0.157. The van der Waals surface area contributed by atoms with Crippen molar-refractivity contribution in [3.05, 3.63) is 55.6 Å². The number of nitrogens with zero attached hydrogens (tertiary/aromatic N) is 1. The molecule has 0 bridgehead atoms. The van der Waals surface area contributed by atoms with Gasteiger partial charge >= 0.3 is 5.69 Å². The van der Waals surface area contributed by atoms with Crippen LogP contribution in [0.1, 0.15) is 5.56 Å². The van der Waals surface area contributed by atoms with Crippen LogP contribution in [0, 0.1) is 12.7 Å². The van der Waals surface area contributed by atoms with Gasteiger partial charge in [-0.05, 0) is 24.6 Å². The van der Waals surface area contributed by atoms with Crippen molar-refractivity contribution >= 4 is 11.6 Å². The SMILES string of the molecule is COc1ccc(C)cc1-n1c(=O)[nH]c(Cl)c(F)c1=O. The highest BCUT2D eigenvalue weighted by Gasteiger charge is 2.16. The van der Waals surface area contributed by atoms with Gasteiger partial charge in [0.1, 0.15) is 5.75 Å². The van der Waals surface area contributed by atoms with Gasteiger partial charge in [-0.3, -0.25) is 9.78 Å². The highest BCUT2D eigenvalue weighted by Crippen LogP contribution is 2.21. The van der Waals surface area contributed by atoms with Gasteiger partial charge in [0, 0.05) is 0 Å². The standard InChI is InChI=1S/C12H10ClFN2O3/c1-6-3-4-8(19-2)7(5-6)16-11(17)9(14)10(13)15-12(16)18/h3-5H,1-2H3,(H,15,18). The number of aryl methyl sites for hydroxylation is 1. The van der Waals surface area contributed by atoms with Crippen LogP contribution in [0.4, 0.5) is 4.39 Å². The molecule has 1 heterocycles. The van der Waals surface area contributed by atoms with Crippen molar-refractivity contribution in [2.45, 2.75) is 6.92 Å². The molecule has 0 spiro atoms. The molecule has 0 aliphatic carbocycles. The average molecular weight is 285 g/mol. The Morgan fingerprint density at radius 1 is 1.37 bits per heavy atom. The van der Waals surface area contributed by atoms with Gasteiger partial charge in [-0.1, -0.05) is 17.7 Å². The number of nitrogens with one attached hydrogen (secondary N) is 1. The van der Waals surface area contributed by atoms with E-state index in [0.29, 0.717) is 4.57 Å². The number of halogens is 2. The number of ether oxygens (including phenoxy) is 1. The molecule has 0 fully saturated rings. The molecule has 0 unspecified atom stereocenters. The molecule has 100 valence electrons. The molecule has 1 aromatic carbocycles. The fourth-order valence-corrected chi connectivity index (χ4v) is 1.84. The topological polar surface area (TPSA) is 64.1 Å². The summed E-state index contributed by atoms with van der Waals surface area (Å²) in [6, 6.07) is 4.87. The second-order valence-electron chi connectivity index (χ2n) is 3.87. The van der Waals surface area contributed by atoms with E-state index in [1.165, 1.54) is 7.11 Å². The van der Waals surface area contributed by atoms with Crippen molar-refractivity contribution in [1.82, 2.24) is 9.55 Å². The molecule has 0 aliphatic heterocycles. The molecule has 5 nitrogen and oxygen atoms in total. The number of hydrogen-bond acceptors (Lipinski definition) is 3. The zero-order chi connectivity index (χ0) is 14.2. The maximum absolute atomic E-state index is 13.5. The zero-order valence-corrected chi connectivity index (χ0v) is 10.9. The Bertz CT molecular complexity index is 752. The minimum Gasteiger partial charge on any atom is -0.495 e. The van der Waals surface area contributed by atoms with Crippen LogP contribution in [0.5, 0.6) is 5.75 Å². The van der Waals surface area contributed by atoms with E-state index >= 15 is 0 Å². The van der Waals surface area contributed by atoms with Crippen molar-refractivity contribution < 1.29 is 9.13 Å². The lowest BCUT2D eigenvalue weighted by molar-refractivity contribution is 0.411. The number of benzene rings is 1. The summed E-state index contributed by atoms with van der Waals surface area (Å²) in [5, 5.41) is -0.613. The van der Waals surface area contributed by atoms with Gasteiger partial charge in [0.05, 0.1) is 12.8 Å². The Balaban J connectivity index is 2.87. The van der Waals surface area contributed by atoms with E-state index in [1.807, 2.05) is 0 Å². The van der Waals surface area contributed by atoms with E-state index < -0.39 is 22.2 Å². The molecule has 2 rings (SSSR count). The predicted octanol–water partition coefficient (Wildman–Crippen LogP) is 1.64. The van der Waals surface area contributed by atoms with E-state index in [4.69, 9.17) is 16.3 Å². The van der Waals surface area contributed by atoms with E-state index in [9.17, 15) is 14.0 Å². The van der Waals surface area contributed by atoms with Crippen molar-refractivity contribution in [1.29, 1.82) is 0 Å². The summed E-state index contributed by atoms with van der Waals surface area (Å²) in [6.45, 7) is 1.77. The lowest BCUT2D eigenvalue weighted by atomic mass is 10.2. The smallest absolute Gasteiger partial charge is 0.334 e. The van der Waals surface area contributed by atoms with Crippen LogP contribution in [0.3, 0.4) is 0 Å². The molecule has 1 aromatic heterocycles. The lowest BCUT2D eigenvalue weighted by Gasteiger charge is -2.11. The summed E-state index contributed by atoms with van der Waals surface area (Å²) >= 11 is 5.41. The second kappa shape index (κ2) is 4.89. The summed E-state index contributed by atoms with van der Waals surface area (Å²) in [5.74, 6) is -0.940. The molecule has 0 saturated carbocycles. The van der Waals surface area contributed by atoms with Crippen LogP contribution in [0.25, 0.3) is 5.69 Å². The van der Waals surface area contributed by atoms with Crippen molar-refractivity contribution in [3.63, 3.8) is 0 Å². The highest BCUT2D eigenvalue weighted by molar-refractivity contribution is 6.29. The lowest BCUT2D eigenvalue weighted by Crippen LogP contribution is -2.36. The molecule has 0 radical (unpaired) electrons. The maximum atomic E-state index is 13.5.